The number of esters is 1. The molecular weight excluding hydrogens is 188 g/mol. The Morgan fingerprint density at radius 1 is 1.64 bits per heavy atom. The first-order valence-electron chi connectivity index (χ1n) is 4.42. The molecule has 0 spiro atoms. The number of methoxy groups -OCH3 is 1. The van der Waals surface area contributed by atoms with E-state index in [0.717, 1.165) is 0 Å². The van der Waals surface area contributed by atoms with E-state index in [2.05, 4.69) is 10.1 Å². The maximum atomic E-state index is 11.0. The van der Waals surface area contributed by atoms with E-state index in [1.807, 2.05) is 0 Å². The van der Waals surface area contributed by atoms with E-state index >= 15 is 0 Å². The second kappa shape index (κ2) is 4.80. The van der Waals surface area contributed by atoms with Gasteiger partial charge < -0.3 is 20.1 Å². The van der Waals surface area contributed by atoms with Crippen LogP contribution in [0, 0.1) is 0 Å². The molecule has 6 heteroatoms. The van der Waals surface area contributed by atoms with Crippen molar-refractivity contribution in [3.63, 3.8) is 0 Å². The zero-order valence-electron chi connectivity index (χ0n) is 8.02. The highest BCUT2D eigenvalue weighted by Gasteiger charge is 2.28. The van der Waals surface area contributed by atoms with Gasteiger partial charge in [0, 0.05) is 19.6 Å². The third-order valence-corrected chi connectivity index (χ3v) is 2.23. The van der Waals surface area contributed by atoms with E-state index in [-0.39, 0.29) is 18.4 Å². The fraction of sp³-hybridized carbons (Fsp3) is 0.750. The normalized spacial score (nSPS) is 21.8. The first kappa shape index (κ1) is 10.8. The molecular formula is C8H14N2O4. The van der Waals surface area contributed by atoms with E-state index in [4.69, 9.17) is 5.11 Å². The number of carbonyl (C=O) groups is 2. The molecule has 1 amide bonds. The second-order valence-electron chi connectivity index (χ2n) is 3.11. The number of hydrogen-bond donors (Lipinski definition) is 2. The predicted molar refractivity (Wildman–Crippen MR) is 48.0 cm³/mol. The molecule has 1 rings (SSSR count). The topological polar surface area (TPSA) is 78.9 Å². The fourth-order valence-corrected chi connectivity index (χ4v) is 1.47. The van der Waals surface area contributed by atoms with Gasteiger partial charge in [-0.2, -0.15) is 0 Å². The molecule has 0 aromatic heterocycles. The fourth-order valence-electron chi connectivity index (χ4n) is 1.47. The van der Waals surface area contributed by atoms with E-state index in [1.54, 1.807) is 0 Å². The lowest BCUT2D eigenvalue weighted by molar-refractivity contribution is -0.141. The Hall–Kier alpha value is -1.30. The number of ether oxygens (including phenoxy) is 1. The highest BCUT2D eigenvalue weighted by atomic mass is 16.5. The summed E-state index contributed by atoms with van der Waals surface area (Å²) in [4.78, 5) is 23.0. The van der Waals surface area contributed by atoms with Crippen LogP contribution in [0.4, 0.5) is 4.79 Å². The van der Waals surface area contributed by atoms with Crippen molar-refractivity contribution in [1.29, 1.82) is 0 Å². The Morgan fingerprint density at radius 2 is 2.36 bits per heavy atom. The monoisotopic (exact) mass is 202 g/mol. The van der Waals surface area contributed by atoms with Crippen LogP contribution in [0.25, 0.3) is 0 Å². The van der Waals surface area contributed by atoms with E-state index < -0.39 is 6.09 Å². The molecule has 1 saturated heterocycles. The molecule has 1 fully saturated rings. The summed E-state index contributed by atoms with van der Waals surface area (Å²) in [7, 11) is 1.30. The molecule has 0 radical (unpaired) electrons. The van der Waals surface area contributed by atoms with Gasteiger partial charge in [-0.3, -0.25) is 4.79 Å². The first-order valence-corrected chi connectivity index (χ1v) is 4.42. The van der Waals surface area contributed by atoms with Gasteiger partial charge in [0.25, 0.3) is 0 Å². The molecule has 14 heavy (non-hydrogen) atoms. The van der Waals surface area contributed by atoms with Crippen LogP contribution in [0.1, 0.15) is 6.42 Å². The van der Waals surface area contributed by atoms with Gasteiger partial charge in [0.1, 0.15) is 0 Å². The zero-order chi connectivity index (χ0) is 10.6. The van der Waals surface area contributed by atoms with E-state index in [1.165, 1.54) is 12.0 Å². The predicted octanol–water partition coefficient (Wildman–Crippen LogP) is -0.499. The zero-order valence-corrected chi connectivity index (χ0v) is 8.02. The summed E-state index contributed by atoms with van der Waals surface area (Å²) >= 11 is 0. The number of rotatable bonds is 2. The van der Waals surface area contributed by atoms with E-state index in [9.17, 15) is 9.59 Å². The van der Waals surface area contributed by atoms with Crippen molar-refractivity contribution < 1.29 is 19.4 Å². The largest absolute Gasteiger partial charge is 0.469 e. The van der Waals surface area contributed by atoms with Crippen molar-refractivity contribution in [2.24, 2.45) is 0 Å². The van der Waals surface area contributed by atoms with Crippen molar-refractivity contribution in [3.05, 3.63) is 0 Å². The van der Waals surface area contributed by atoms with Gasteiger partial charge in [0.2, 0.25) is 0 Å². The highest BCUT2D eigenvalue weighted by Crippen LogP contribution is 2.08. The molecule has 1 unspecified atom stereocenters. The van der Waals surface area contributed by atoms with Crippen molar-refractivity contribution in [1.82, 2.24) is 10.2 Å². The molecule has 1 aliphatic heterocycles. The summed E-state index contributed by atoms with van der Waals surface area (Å²) in [6.45, 7) is 1.54. The number of carbonyl (C=O) groups excluding carboxylic acids is 1. The standard InChI is InChI=1S/C8H14N2O4/c1-14-7(11)4-6-5-9-2-3-10(6)8(12)13/h6,9H,2-5H2,1H3,(H,12,13). The summed E-state index contributed by atoms with van der Waals surface area (Å²) in [6.07, 6.45) is -0.879. The molecule has 80 valence electrons. The van der Waals surface area contributed by atoms with Crippen LogP contribution in [-0.2, 0) is 9.53 Å². The lowest BCUT2D eigenvalue weighted by Gasteiger charge is -2.33. The van der Waals surface area contributed by atoms with Crippen molar-refractivity contribution >= 4 is 12.1 Å². The van der Waals surface area contributed by atoms with E-state index in [0.29, 0.717) is 19.6 Å². The van der Waals surface area contributed by atoms with Crippen molar-refractivity contribution in [2.45, 2.75) is 12.5 Å². The minimum absolute atomic E-state index is 0.107. The van der Waals surface area contributed by atoms with Gasteiger partial charge in [-0.05, 0) is 0 Å². The lowest BCUT2D eigenvalue weighted by atomic mass is 10.1. The van der Waals surface area contributed by atoms with Gasteiger partial charge in [-0.1, -0.05) is 0 Å². The summed E-state index contributed by atoms with van der Waals surface area (Å²) < 4.78 is 4.49. The van der Waals surface area contributed by atoms with Crippen LogP contribution in [0.2, 0.25) is 0 Å². The summed E-state index contributed by atoms with van der Waals surface area (Å²) in [5, 5.41) is 11.9. The Kier molecular flexibility index (Phi) is 3.70. The number of carboxylic acid groups (broad SMARTS) is 1. The SMILES string of the molecule is COC(=O)CC1CNCCN1C(=O)O. The molecule has 1 heterocycles. The molecule has 0 aromatic carbocycles. The van der Waals surface area contributed by atoms with Gasteiger partial charge in [-0.25, -0.2) is 4.79 Å². The second-order valence-corrected chi connectivity index (χ2v) is 3.11. The van der Waals surface area contributed by atoms with Crippen molar-refractivity contribution in [2.75, 3.05) is 26.7 Å². The van der Waals surface area contributed by atoms with Crippen LogP contribution in [0.15, 0.2) is 0 Å². The number of piperazine rings is 1. The molecule has 2 N–H and O–H groups in total. The highest BCUT2D eigenvalue weighted by molar-refractivity contribution is 5.72. The Labute approximate surface area is 81.8 Å². The third kappa shape index (κ3) is 2.59. The molecule has 1 aliphatic rings. The molecule has 0 bridgehead atoms. The molecule has 0 aliphatic carbocycles. The summed E-state index contributed by atoms with van der Waals surface area (Å²) in [5.41, 5.74) is 0. The van der Waals surface area contributed by atoms with Gasteiger partial charge >= 0.3 is 12.1 Å². The third-order valence-electron chi connectivity index (χ3n) is 2.23. The van der Waals surface area contributed by atoms with Gasteiger partial charge in [0.15, 0.2) is 0 Å². The smallest absolute Gasteiger partial charge is 0.407 e. The van der Waals surface area contributed by atoms with Crippen LogP contribution in [0.3, 0.4) is 0 Å². The van der Waals surface area contributed by atoms with Crippen molar-refractivity contribution in [3.8, 4) is 0 Å². The maximum Gasteiger partial charge on any atom is 0.407 e. The number of hydrogen-bond acceptors (Lipinski definition) is 4. The Morgan fingerprint density at radius 3 is 2.93 bits per heavy atom. The minimum atomic E-state index is -0.986. The maximum absolute atomic E-state index is 11.0. The van der Waals surface area contributed by atoms with Gasteiger partial charge in [-0.15, -0.1) is 0 Å². The first-order chi connectivity index (χ1) is 6.65. The average Bonchev–Trinajstić information content (AvgIpc) is 2.18. The lowest BCUT2D eigenvalue weighted by Crippen LogP contribution is -2.53. The molecule has 6 nitrogen and oxygen atoms in total. The van der Waals surface area contributed by atoms with Crippen LogP contribution < -0.4 is 5.32 Å². The molecule has 0 saturated carbocycles. The molecule has 1 atom stereocenters. The van der Waals surface area contributed by atoms with Gasteiger partial charge in [0.05, 0.1) is 19.6 Å². The summed E-state index contributed by atoms with van der Waals surface area (Å²) in [5.74, 6) is -0.384. The minimum Gasteiger partial charge on any atom is -0.469 e. The van der Waals surface area contributed by atoms with Crippen LogP contribution >= 0.6 is 0 Å². The quantitative estimate of drug-likeness (QED) is 0.590. The summed E-state index contributed by atoms with van der Waals surface area (Å²) in [6, 6.07) is -0.311. The molecule has 0 aromatic rings. The van der Waals surface area contributed by atoms with Crippen LogP contribution in [0.5, 0.6) is 0 Å². The van der Waals surface area contributed by atoms with Crippen LogP contribution in [-0.4, -0.2) is 54.9 Å². The Bertz CT molecular complexity index is 231. The Balaban J connectivity index is 2.54. The average molecular weight is 202 g/mol. The number of nitrogens with one attached hydrogen (secondary N) is 1. The number of nitrogens with zero attached hydrogens (tertiary/aromatic N) is 1. The number of amides is 1.